The molecule has 20 heavy (non-hydrogen) atoms. The molecule has 1 N–H and O–H groups in total. The summed E-state index contributed by atoms with van der Waals surface area (Å²) in [5.74, 6) is -0.823. The summed E-state index contributed by atoms with van der Waals surface area (Å²) in [6, 6.07) is 10.1. The van der Waals surface area contributed by atoms with Gasteiger partial charge in [0.1, 0.15) is 0 Å². The van der Waals surface area contributed by atoms with Gasteiger partial charge in [0.15, 0.2) is 5.60 Å². The van der Waals surface area contributed by atoms with Crippen molar-refractivity contribution in [3.8, 4) is 0 Å². The Kier molecular flexibility index (Phi) is 4.45. The van der Waals surface area contributed by atoms with Crippen molar-refractivity contribution < 1.29 is 14.6 Å². The van der Waals surface area contributed by atoms with Crippen LogP contribution in [0.2, 0.25) is 0 Å². The van der Waals surface area contributed by atoms with Crippen molar-refractivity contribution in [3.63, 3.8) is 0 Å². The van der Waals surface area contributed by atoms with Crippen molar-refractivity contribution in [1.29, 1.82) is 0 Å². The molecule has 2 atom stereocenters. The van der Waals surface area contributed by atoms with Crippen LogP contribution in [0, 0.1) is 0 Å². The first-order chi connectivity index (χ1) is 9.52. The first-order valence-electron chi connectivity index (χ1n) is 6.91. The Balaban J connectivity index is 2.36. The number of fused-ring (bicyclic) bond motifs is 1. The number of thiophene rings is 1. The second kappa shape index (κ2) is 5.94. The minimum Gasteiger partial charge on any atom is -0.464 e. The van der Waals surface area contributed by atoms with Gasteiger partial charge >= 0.3 is 5.97 Å². The van der Waals surface area contributed by atoms with Crippen LogP contribution in [0.1, 0.15) is 38.0 Å². The number of ether oxygens (including phenoxy) is 1. The van der Waals surface area contributed by atoms with E-state index in [9.17, 15) is 9.90 Å². The number of carbonyl (C=O) groups is 1. The van der Waals surface area contributed by atoms with Crippen LogP contribution in [-0.2, 0) is 9.53 Å². The SMILES string of the molecule is CCOC(=O)C(O)(CC)C(C)c1cc2ccccc2s1. The number of rotatable bonds is 5. The first-order valence-corrected chi connectivity index (χ1v) is 7.72. The number of hydrogen-bond acceptors (Lipinski definition) is 4. The molecular formula is C16H20O3S. The number of hydrogen-bond donors (Lipinski definition) is 1. The van der Waals surface area contributed by atoms with E-state index in [2.05, 4.69) is 0 Å². The largest absolute Gasteiger partial charge is 0.464 e. The Morgan fingerprint density at radius 1 is 1.40 bits per heavy atom. The summed E-state index contributed by atoms with van der Waals surface area (Å²) in [4.78, 5) is 13.1. The summed E-state index contributed by atoms with van der Waals surface area (Å²) >= 11 is 1.62. The van der Waals surface area contributed by atoms with Crippen molar-refractivity contribution in [1.82, 2.24) is 0 Å². The smallest absolute Gasteiger partial charge is 0.338 e. The third-order valence-corrected chi connectivity index (χ3v) is 5.05. The van der Waals surface area contributed by atoms with Crippen LogP contribution < -0.4 is 0 Å². The van der Waals surface area contributed by atoms with Crippen molar-refractivity contribution in [2.45, 2.75) is 38.7 Å². The second-order valence-electron chi connectivity index (χ2n) is 4.91. The average Bonchev–Trinajstić information content (AvgIpc) is 2.89. The highest BCUT2D eigenvalue weighted by Gasteiger charge is 2.42. The Morgan fingerprint density at radius 2 is 2.10 bits per heavy atom. The van der Waals surface area contributed by atoms with E-state index in [4.69, 9.17) is 4.74 Å². The molecule has 0 aliphatic carbocycles. The molecule has 0 saturated heterocycles. The molecule has 0 fully saturated rings. The lowest BCUT2D eigenvalue weighted by Gasteiger charge is -2.30. The van der Waals surface area contributed by atoms with Gasteiger partial charge in [-0.1, -0.05) is 32.0 Å². The Labute approximate surface area is 123 Å². The van der Waals surface area contributed by atoms with E-state index >= 15 is 0 Å². The van der Waals surface area contributed by atoms with Crippen LogP contribution in [0.4, 0.5) is 0 Å². The Morgan fingerprint density at radius 3 is 2.70 bits per heavy atom. The number of benzene rings is 1. The van der Waals surface area contributed by atoms with Gasteiger partial charge in [-0.15, -0.1) is 11.3 Å². The lowest BCUT2D eigenvalue weighted by atomic mass is 9.85. The van der Waals surface area contributed by atoms with Crippen LogP contribution in [0.5, 0.6) is 0 Å². The predicted octanol–water partition coefficient (Wildman–Crippen LogP) is 3.71. The van der Waals surface area contributed by atoms with Crippen LogP contribution in [0.25, 0.3) is 10.1 Å². The van der Waals surface area contributed by atoms with Gasteiger partial charge in [-0.05, 0) is 30.9 Å². The summed E-state index contributed by atoms with van der Waals surface area (Å²) in [6.45, 7) is 5.71. The Bertz CT molecular complexity index is 572. The van der Waals surface area contributed by atoms with E-state index in [1.54, 1.807) is 25.2 Å². The highest BCUT2D eigenvalue weighted by atomic mass is 32.1. The quantitative estimate of drug-likeness (QED) is 0.855. The molecule has 2 rings (SSSR count). The predicted molar refractivity (Wildman–Crippen MR) is 82.1 cm³/mol. The maximum Gasteiger partial charge on any atom is 0.338 e. The lowest BCUT2D eigenvalue weighted by Crippen LogP contribution is -2.44. The van der Waals surface area contributed by atoms with Gasteiger partial charge in [0.05, 0.1) is 6.61 Å². The number of aliphatic hydroxyl groups is 1. The fourth-order valence-electron chi connectivity index (χ4n) is 2.33. The highest BCUT2D eigenvalue weighted by molar-refractivity contribution is 7.19. The summed E-state index contributed by atoms with van der Waals surface area (Å²) < 4.78 is 6.19. The molecule has 1 aromatic heterocycles. The van der Waals surface area contributed by atoms with Crippen LogP contribution in [0.3, 0.4) is 0 Å². The highest BCUT2D eigenvalue weighted by Crippen LogP contribution is 2.38. The molecule has 0 bridgehead atoms. The molecule has 0 aliphatic heterocycles. The fraction of sp³-hybridized carbons (Fsp3) is 0.438. The number of carbonyl (C=O) groups excluding carboxylic acids is 1. The molecule has 0 amide bonds. The average molecular weight is 292 g/mol. The van der Waals surface area contributed by atoms with Crippen molar-refractivity contribution in [2.75, 3.05) is 6.61 Å². The summed E-state index contributed by atoms with van der Waals surface area (Å²) in [6.07, 6.45) is 0.335. The molecule has 1 aromatic carbocycles. The normalized spacial score (nSPS) is 15.8. The Hall–Kier alpha value is -1.39. The van der Waals surface area contributed by atoms with Crippen LogP contribution in [-0.4, -0.2) is 23.3 Å². The lowest BCUT2D eigenvalue weighted by molar-refractivity contribution is -0.167. The third kappa shape index (κ3) is 2.58. The summed E-state index contributed by atoms with van der Waals surface area (Å²) in [7, 11) is 0. The zero-order valence-electron chi connectivity index (χ0n) is 12.1. The zero-order valence-corrected chi connectivity index (χ0v) is 12.9. The fourth-order valence-corrected chi connectivity index (χ4v) is 3.54. The van der Waals surface area contributed by atoms with Gasteiger partial charge in [0.25, 0.3) is 0 Å². The summed E-state index contributed by atoms with van der Waals surface area (Å²) in [5, 5.41) is 11.8. The van der Waals surface area contributed by atoms with E-state index in [0.717, 1.165) is 15.0 Å². The van der Waals surface area contributed by atoms with Crippen molar-refractivity contribution in [3.05, 3.63) is 35.2 Å². The van der Waals surface area contributed by atoms with Gasteiger partial charge in [0, 0.05) is 15.5 Å². The summed E-state index contributed by atoms with van der Waals surface area (Å²) in [5.41, 5.74) is -1.46. The standard InChI is InChI=1S/C16H20O3S/c1-4-16(18,15(17)19-5-2)11(3)14-10-12-8-6-7-9-13(12)20-14/h6-11,18H,4-5H2,1-3H3. The van der Waals surface area contributed by atoms with E-state index in [0.29, 0.717) is 6.42 Å². The van der Waals surface area contributed by atoms with E-state index in [1.807, 2.05) is 37.3 Å². The minimum absolute atomic E-state index is 0.278. The molecule has 4 heteroatoms. The molecule has 2 unspecified atom stereocenters. The topological polar surface area (TPSA) is 46.5 Å². The maximum atomic E-state index is 12.1. The molecule has 0 saturated carbocycles. The van der Waals surface area contributed by atoms with E-state index in [-0.39, 0.29) is 12.5 Å². The molecular weight excluding hydrogens is 272 g/mol. The van der Waals surface area contributed by atoms with E-state index in [1.165, 1.54) is 0 Å². The van der Waals surface area contributed by atoms with Gasteiger partial charge in [-0.2, -0.15) is 0 Å². The van der Waals surface area contributed by atoms with Gasteiger partial charge < -0.3 is 9.84 Å². The van der Waals surface area contributed by atoms with Crippen LogP contribution in [0.15, 0.2) is 30.3 Å². The van der Waals surface area contributed by atoms with Gasteiger partial charge in [-0.3, -0.25) is 0 Å². The monoisotopic (exact) mass is 292 g/mol. The maximum absolute atomic E-state index is 12.1. The minimum atomic E-state index is -1.46. The molecule has 0 aliphatic rings. The van der Waals surface area contributed by atoms with Gasteiger partial charge in [0.2, 0.25) is 0 Å². The molecule has 0 spiro atoms. The molecule has 1 heterocycles. The molecule has 108 valence electrons. The van der Waals surface area contributed by atoms with E-state index < -0.39 is 11.6 Å². The molecule has 0 radical (unpaired) electrons. The zero-order chi connectivity index (χ0) is 14.8. The third-order valence-electron chi connectivity index (χ3n) is 3.76. The molecule has 3 nitrogen and oxygen atoms in total. The van der Waals surface area contributed by atoms with Crippen molar-refractivity contribution in [2.24, 2.45) is 0 Å². The van der Waals surface area contributed by atoms with Gasteiger partial charge in [-0.25, -0.2) is 4.79 Å². The van der Waals surface area contributed by atoms with Crippen molar-refractivity contribution >= 4 is 27.4 Å². The van der Waals surface area contributed by atoms with Crippen LogP contribution >= 0.6 is 11.3 Å². The molecule has 2 aromatic rings. The first kappa shape index (κ1) is 15.0. The number of esters is 1. The second-order valence-corrected chi connectivity index (χ2v) is 6.02.